The summed E-state index contributed by atoms with van der Waals surface area (Å²) in [5.41, 5.74) is -0.738. The normalized spacial score (nSPS) is 34.2. The highest BCUT2D eigenvalue weighted by Crippen LogP contribution is 2.44. The molecule has 2 bridgehead atoms. The summed E-state index contributed by atoms with van der Waals surface area (Å²) < 4.78 is 13.7. The average molecular weight is 261 g/mol. The largest absolute Gasteiger partial charge is 0.385 e. The fourth-order valence-corrected chi connectivity index (χ4v) is 3.46. The molecule has 0 amide bonds. The number of nitrogens with zero attached hydrogens (tertiary/aromatic N) is 3. The first-order valence-electron chi connectivity index (χ1n) is 6.54. The molecule has 2 saturated heterocycles. The topological polar surface area (TPSA) is 60.1 Å². The van der Waals surface area contributed by atoms with Gasteiger partial charge in [-0.1, -0.05) is 0 Å². The van der Waals surface area contributed by atoms with Crippen LogP contribution in [-0.4, -0.2) is 34.1 Å². The molecule has 2 fully saturated rings. The van der Waals surface area contributed by atoms with Crippen LogP contribution in [0.5, 0.6) is 0 Å². The molecule has 0 saturated carbocycles. The van der Waals surface area contributed by atoms with Crippen LogP contribution >= 0.6 is 0 Å². The minimum Gasteiger partial charge on any atom is -0.385 e. The van der Waals surface area contributed by atoms with Crippen molar-refractivity contribution in [2.45, 2.75) is 43.4 Å². The zero-order valence-corrected chi connectivity index (χ0v) is 10.8. The van der Waals surface area contributed by atoms with Crippen LogP contribution < -0.4 is 0 Å². The van der Waals surface area contributed by atoms with Crippen LogP contribution in [-0.2, 0) is 5.60 Å². The Bertz CT molecular complexity index is 540. The number of hydrogen-bond donors (Lipinski definition) is 1. The van der Waals surface area contributed by atoms with Crippen LogP contribution in [0.2, 0.25) is 0 Å². The first-order valence-corrected chi connectivity index (χ1v) is 6.54. The Balaban J connectivity index is 1.94. The van der Waals surface area contributed by atoms with Gasteiger partial charge >= 0.3 is 0 Å². The Morgan fingerprint density at radius 3 is 2.63 bits per heavy atom. The summed E-state index contributed by atoms with van der Waals surface area (Å²) >= 11 is 0. The van der Waals surface area contributed by atoms with Crippen molar-refractivity contribution in [2.24, 2.45) is 0 Å². The van der Waals surface area contributed by atoms with Gasteiger partial charge in [0, 0.05) is 23.8 Å². The maximum absolute atomic E-state index is 13.7. The fourth-order valence-electron chi connectivity index (χ4n) is 3.46. The average Bonchev–Trinajstić information content (AvgIpc) is 2.63. The molecule has 2 aliphatic rings. The predicted molar refractivity (Wildman–Crippen MR) is 66.6 cm³/mol. The molecule has 0 aliphatic carbocycles. The van der Waals surface area contributed by atoms with Crippen molar-refractivity contribution in [3.8, 4) is 6.07 Å². The van der Waals surface area contributed by atoms with Crippen molar-refractivity contribution < 1.29 is 9.50 Å². The van der Waals surface area contributed by atoms with Crippen LogP contribution in [0.15, 0.2) is 12.3 Å². The van der Waals surface area contributed by atoms with Crippen molar-refractivity contribution in [3.63, 3.8) is 0 Å². The van der Waals surface area contributed by atoms with Gasteiger partial charge in [0.25, 0.3) is 0 Å². The van der Waals surface area contributed by atoms with E-state index in [-0.39, 0.29) is 5.69 Å². The molecule has 3 heterocycles. The van der Waals surface area contributed by atoms with E-state index in [1.807, 2.05) is 0 Å². The van der Waals surface area contributed by atoms with Gasteiger partial charge in [-0.2, -0.15) is 5.26 Å². The van der Waals surface area contributed by atoms with Crippen LogP contribution in [0, 0.1) is 17.1 Å². The molecule has 2 aliphatic heterocycles. The van der Waals surface area contributed by atoms with Gasteiger partial charge in [0.15, 0.2) is 11.5 Å². The van der Waals surface area contributed by atoms with Crippen LogP contribution in [0.25, 0.3) is 0 Å². The predicted octanol–water partition coefficient (Wildman–Crippen LogP) is 1.54. The maximum atomic E-state index is 13.7. The molecule has 3 rings (SSSR count). The highest BCUT2D eigenvalue weighted by molar-refractivity contribution is 5.29. The second-order valence-corrected chi connectivity index (χ2v) is 5.66. The number of pyridine rings is 1. The number of nitriles is 1. The number of rotatable bonds is 1. The molecule has 2 atom stereocenters. The standard InChI is InChI=1S/C14H16FN3O/c1-18-10-2-3-11(18)6-14(19,5-10)9-4-12(15)13(7-16)17-8-9/h4,8,10-11,19H,2-3,5-6H2,1H3. The van der Waals surface area contributed by atoms with E-state index >= 15 is 0 Å². The van der Waals surface area contributed by atoms with Gasteiger partial charge < -0.3 is 10.0 Å². The van der Waals surface area contributed by atoms with E-state index in [2.05, 4.69) is 16.9 Å². The zero-order valence-electron chi connectivity index (χ0n) is 10.8. The molecule has 0 radical (unpaired) electrons. The lowest BCUT2D eigenvalue weighted by Crippen LogP contribution is -2.47. The number of piperidine rings is 1. The number of aromatic nitrogens is 1. The maximum Gasteiger partial charge on any atom is 0.176 e. The molecule has 0 spiro atoms. The number of hydrogen-bond acceptors (Lipinski definition) is 4. The summed E-state index contributed by atoms with van der Waals surface area (Å²) in [7, 11) is 2.08. The van der Waals surface area contributed by atoms with Gasteiger partial charge in [-0.15, -0.1) is 0 Å². The minimum atomic E-state index is -1.01. The molecule has 0 aromatic carbocycles. The Hall–Kier alpha value is -1.51. The Labute approximate surface area is 111 Å². The summed E-state index contributed by atoms with van der Waals surface area (Å²) in [5, 5.41) is 19.5. The van der Waals surface area contributed by atoms with Crippen molar-refractivity contribution in [1.82, 2.24) is 9.88 Å². The first-order chi connectivity index (χ1) is 9.03. The third kappa shape index (κ3) is 1.92. The highest BCUT2D eigenvalue weighted by Gasteiger charge is 2.47. The molecule has 100 valence electrons. The quantitative estimate of drug-likeness (QED) is 0.833. The third-order valence-electron chi connectivity index (χ3n) is 4.62. The molecule has 4 nitrogen and oxygen atoms in total. The zero-order chi connectivity index (χ0) is 13.6. The van der Waals surface area contributed by atoms with E-state index < -0.39 is 11.4 Å². The van der Waals surface area contributed by atoms with Gasteiger partial charge in [0.1, 0.15) is 6.07 Å². The Morgan fingerprint density at radius 1 is 1.47 bits per heavy atom. The lowest BCUT2D eigenvalue weighted by molar-refractivity contribution is -0.0497. The van der Waals surface area contributed by atoms with E-state index in [4.69, 9.17) is 5.26 Å². The smallest absolute Gasteiger partial charge is 0.176 e. The molecular weight excluding hydrogens is 245 g/mol. The first kappa shape index (κ1) is 12.5. The van der Waals surface area contributed by atoms with Crippen molar-refractivity contribution >= 4 is 0 Å². The molecular formula is C14H16FN3O. The van der Waals surface area contributed by atoms with Gasteiger partial charge in [0.05, 0.1) is 5.60 Å². The monoisotopic (exact) mass is 261 g/mol. The van der Waals surface area contributed by atoms with E-state index in [1.165, 1.54) is 12.3 Å². The molecule has 19 heavy (non-hydrogen) atoms. The summed E-state index contributed by atoms with van der Waals surface area (Å²) in [6.45, 7) is 0. The number of halogens is 1. The van der Waals surface area contributed by atoms with E-state index in [9.17, 15) is 9.50 Å². The fraction of sp³-hybridized carbons (Fsp3) is 0.571. The van der Waals surface area contributed by atoms with Gasteiger partial charge in [-0.05, 0) is 38.8 Å². The van der Waals surface area contributed by atoms with Gasteiger partial charge in [-0.3, -0.25) is 0 Å². The van der Waals surface area contributed by atoms with E-state index in [0.29, 0.717) is 30.5 Å². The van der Waals surface area contributed by atoms with Crippen LogP contribution in [0.1, 0.15) is 36.9 Å². The molecule has 1 N–H and O–H groups in total. The Kier molecular flexibility index (Phi) is 2.80. The molecule has 2 unspecified atom stereocenters. The third-order valence-corrected chi connectivity index (χ3v) is 4.62. The summed E-state index contributed by atoms with van der Waals surface area (Å²) in [5.74, 6) is -0.653. The second-order valence-electron chi connectivity index (χ2n) is 5.66. The summed E-state index contributed by atoms with van der Waals surface area (Å²) in [6, 6.07) is 3.66. The lowest BCUT2D eigenvalue weighted by atomic mass is 9.81. The Morgan fingerprint density at radius 2 is 2.11 bits per heavy atom. The second kappa shape index (κ2) is 4.26. The van der Waals surface area contributed by atoms with E-state index in [1.54, 1.807) is 6.07 Å². The highest BCUT2D eigenvalue weighted by atomic mass is 19.1. The SMILES string of the molecule is CN1C2CCC1CC(O)(c1cnc(C#N)c(F)c1)C2. The number of aliphatic hydroxyl groups is 1. The minimum absolute atomic E-state index is 0.219. The lowest BCUT2D eigenvalue weighted by Gasteiger charge is -2.42. The van der Waals surface area contributed by atoms with E-state index in [0.717, 1.165) is 12.8 Å². The van der Waals surface area contributed by atoms with Crippen LogP contribution in [0.4, 0.5) is 4.39 Å². The van der Waals surface area contributed by atoms with Crippen molar-refractivity contribution in [1.29, 1.82) is 5.26 Å². The van der Waals surface area contributed by atoms with Gasteiger partial charge in [-0.25, -0.2) is 9.37 Å². The molecule has 1 aromatic rings. The number of fused-ring (bicyclic) bond motifs is 2. The summed E-state index contributed by atoms with van der Waals surface area (Å²) in [6.07, 6.45) is 4.80. The van der Waals surface area contributed by atoms with Gasteiger partial charge in [0.2, 0.25) is 0 Å². The van der Waals surface area contributed by atoms with Crippen LogP contribution in [0.3, 0.4) is 0 Å². The van der Waals surface area contributed by atoms with Crippen molar-refractivity contribution in [3.05, 3.63) is 29.3 Å². The summed E-state index contributed by atoms with van der Waals surface area (Å²) in [4.78, 5) is 6.10. The molecule has 1 aromatic heterocycles. The van der Waals surface area contributed by atoms with Crippen molar-refractivity contribution in [2.75, 3.05) is 7.05 Å². The molecule has 5 heteroatoms.